The molecule has 1 rings (SSSR count). The summed E-state index contributed by atoms with van der Waals surface area (Å²) in [6.45, 7) is 0.477. The lowest BCUT2D eigenvalue weighted by Gasteiger charge is -2.25. The van der Waals surface area contributed by atoms with Gasteiger partial charge in [0.25, 0.3) is 0 Å². The van der Waals surface area contributed by atoms with Crippen molar-refractivity contribution in [3.63, 3.8) is 0 Å². The first-order valence-electron chi connectivity index (χ1n) is 3.70. The van der Waals surface area contributed by atoms with E-state index >= 15 is 0 Å². The van der Waals surface area contributed by atoms with E-state index in [1.807, 2.05) is 6.07 Å². The van der Waals surface area contributed by atoms with Crippen LogP contribution in [-0.4, -0.2) is 41.7 Å². The highest BCUT2D eigenvalue weighted by molar-refractivity contribution is 6.22. The fourth-order valence-corrected chi connectivity index (χ4v) is 1.29. The third-order valence-electron chi connectivity index (χ3n) is 1.57. The highest BCUT2D eigenvalue weighted by atomic mass is 35.5. The molecule has 13 heavy (non-hydrogen) atoms. The number of piperazine rings is 1. The maximum atomic E-state index is 10.9. The summed E-state index contributed by atoms with van der Waals surface area (Å²) < 4.78 is 0. The smallest absolute Gasteiger partial charge is 0.240 e. The average molecular weight is 202 g/mol. The molecule has 0 aliphatic carbocycles. The number of carbonyl (C=O) groups excluding carboxylic acids is 2. The molecule has 6 heteroatoms. The number of nitrogens with zero attached hydrogens (tertiary/aromatic N) is 2. The molecule has 1 atom stereocenters. The lowest BCUT2D eigenvalue weighted by molar-refractivity contribution is -0.135. The molecule has 1 N–H and O–H groups in total. The number of halogens is 1. The average Bonchev–Trinajstić information content (AvgIpc) is 2.02. The molecule has 0 bridgehead atoms. The molecule has 0 saturated carbocycles. The Morgan fingerprint density at radius 2 is 2.08 bits per heavy atom. The summed E-state index contributed by atoms with van der Waals surface area (Å²) in [6, 6.07) is 1.82. The van der Waals surface area contributed by atoms with Crippen LogP contribution in [0.25, 0.3) is 0 Å². The van der Waals surface area contributed by atoms with E-state index < -0.39 is 5.38 Å². The molecule has 1 aliphatic heterocycles. The Balaban J connectivity index is 2.47. The summed E-state index contributed by atoms with van der Waals surface area (Å²) in [5.41, 5.74) is 0. The van der Waals surface area contributed by atoms with Crippen LogP contribution in [0.5, 0.6) is 0 Å². The van der Waals surface area contributed by atoms with Crippen molar-refractivity contribution in [2.24, 2.45) is 0 Å². The van der Waals surface area contributed by atoms with Gasteiger partial charge in [0.15, 0.2) is 0 Å². The zero-order valence-corrected chi connectivity index (χ0v) is 7.54. The van der Waals surface area contributed by atoms with Crippen molar-refractivity contribution >= 4 is 23.4 Å². The number of carbonyl (C=O) groups is 2. The van der Waals surface area contributed by atoms with E-state index in [2.05, 4.69) is 5.32 Å². The number of alkyl halides is 1. The lowest BCUT2D eigenvalue weighted by atomic mass is 10.3. The molecule has 0 radical (unpaired) electrons. The third-order valence-corrected chi connectivity index (χ3v) is 1.81. The van der Waals surface area contributed by atoms with Crippen molar-refractivity contribution in [2.45, 2.75) is 5.38 Å². The van der Waals surface area contributed by atoms with Crippen LogP contribution < -0.4 is 5.32 Å². The summed E-state index contributed by atoms with van der Waals surface area (Å²) in [5.74, 6) is -0.698. The maximum Gasteiger partial charge on any atom is 0.240 e. The Bertz CT molecular complexity index is 257. The normalized spacial score (nSPS) is 20.6. The standard InChI is InChI=1S/C7H8ClN3O2/c8-5(1-9)2-11-3-6(12)10-7(13)4-11/h5H,2-4H2,(H,10,12,13). The SMILES string of the molecule is N#CC(Cl)CN1CC(=O)NC(=O)C1. The molecule has 0 aromatic heterocycles. The minimum absolute atomic E-state index is 0.122. The Morgan fingerprint density at radius 1 is 1.54 bits per heavy atom. The lowest BCUT2D eigenvalue weighted by Crippen LogP contribution is -2.52. The molecule has 70 valence electrons. The fraction of sp³-hybridized carbons (Fsp3) is 0.571. The van der Waals surface area contributed by atoms with E-state index in [1.54, 1.807) is 4.90 Å². The van der Waals surface area contributed by atoms with Gasteiger partial charge in [-0.2, -0.15) is 5.26 Å². The van der Waals surface area contributed by atoms with E-state index in [4.69, 9.17) is 16.9 Å². The molecular formula is C7H8ClN3O2. The summed E-state index contributed by atoms with van der Waals surface area (Å²) in [6.07, 6.45) is 0. The monoisotopic (exact) mass is 201 g/mol. The van der Waals surface area contributed by atoms with Crippen LogP contribution in [0.4, 0.5) is 0 Å². The summed E-state index contributed by atoms with van der Waals surface area (Å²) >= 11 is 5.55. The van der Waals surface area contributed by atoms with Crippen LogP contribution in [0.3, 0.4) is 0 Å². The molecule has 1 heterocycles. The molecular weight excluding hydrogens is 194 g/mol. The minimum Gasteiger partial charge on any atom is -0.294 e. The Kier molecular flexibility index (Phi) is 3.23. The molecule has 1 saturated heterocycles. The second kappa shape index (κ2) is 4.21. The second-order valence-electron chi connectivity index (χ2n) is 2.74. The van der Waals surface area contributed by atoms with Gasteiger partial charge in [-0.25, -0.2) is 0 Å². The predicted octanol–water partition coefficient (Wildman–Crippen LogP) is -0.924. The number of hydrogen-bond acceptors (Lipinski definition) is 4. The predicted molar refractivity (Wildman–Crippen MR) is 44.8 cm³/mol. The number of hydrogen-bond donors (Lipinski definition) is 1. The zero-order chi connectivity index (χ0) is 9.84. The van der Waals surface area contributed by atoms with E-state index in [9.17, 15) is 9.59 Å². The van der Waals surface area contributed by atoms with Crippen molar-refractivity contribution in [1.29, 1.82) is 5.26 Å². The van der Waals surface area contributed by atoms with Gasteiger partial charge >= 0.3 is 0 Å². The van der Waals surface area contributed by atoms with Crippen LogP contribution in [0.15, 0.2) is 0 Å². The molecule has 0 aromatic carbocycles. The van der Waals surface area contributed by atoms with Crippen LogP contribution >= 0.6 is 11.6 Å². The van der Waals surface area contributed by atoms with Gasteiger partial charge in [0.1, 0.15) is 5.38 Å². The van der Waals surface area contributed by atoms with Crippen LogP contribution in [0.2, 0.25) is 0 Å². The maximum absolute atomic E-state index is 10.9. The van der Waals surface area contributed by atoms with Gasteiger partial charge in [-0.05, 0) is 0 Å². The van der Waals surface area contributed by atoms with Gasteiger partial charge in [-0.1, -0.05) is 0 Å². The number of rotatable bonds is 2. The quantitative estimate of drug-likeness (QED) is 0.463. The van der Waals surface area contributed by atoms with E-state index in [0.29, 0.717) is 0 Å². The summed E-state index contributed by atoms with van der Waals surface area (Å²) in [7, 11) is 0. The van der Waals surface area contributed by atoms with E-state index in [1.165, 1.54) is 0 Å². The van der Waals surface area contributed by atoms with Crippen LogP contribution in [0.1, 0.15) is 0 Å². The molecule has 0 spiro atoms. The first-order valence-corrected chi connectivity index (χ1v) is 4.14. The Morgan fingerprint density at radius 3 is 2.54 bits per heavy atom. The molecule has 1 unspecified atom stereocenters. The van der Waals surface area contributed by atoms with E-state index in [0.717, 1.165) is 0 Å². The van der Waals surface area contributed by atoms with Crippen molar-refractivity contribution in [3.8, 4) is 6.07 Å². The topological polar surface area (TPSA) is 73.2 Å². The largest absolute Gasteiger partial charge is 0.294 e. The summed E-state index contributed by atoms with van der Waals surface area (Å²) in [4.78, 5) is 23.3. The van der Waals surface area contributed by atoms with Crippen molar-refractivity contribution in [1.82, 2.24) is 10.2 Å². The van der Waals surface area contributed by atoms with Crippen molar-refractivity contribution < 1.29 is 9.59 Å². The van der Waals surface area contributed by atoms with Gasteiger partial charge in [-0.3, -0.25) is 19.8 Å². The zero-order valence-electron chi connectivity index (χ0n) is 6.79. The highest BCUT2D eigenvalue weighted by Gasteiger charge is 2.23. The fourth-order valence-electron chi connectivity index (χ4n) is 1.09. The van der Waals surface area contributed by atoms with Crippen LogP contribution in [-0.2, 0) is 9.59 Å². The third kappa shape index (κ3) is 3.01. The highest BCUT2D eigenvalue weighted by Crippen LogP contribution is 2.01. The van der Waals surface area contributed by atoms with Gasteiger partial charge in [0, 0.05) is 6.54 Å². The molecule has 1 aliphatic rings. The number of nitriles is 1. The Hall–Kier alpha value is -1.12. The molecule has 1 fully saturated rings. The Labute approximate surface area is 80.3 Å². The molecule has 5 nitrogen and oxygen atoms in total. The minimum atomic E-state index is -0.682. The van der Waals surface area contributed by atoms with Gasteiger partial charge in [0.05, 0.1) is 19.2 Å². The molecule has 2 amide bonds. The van der Waals surface area contributed by atoms with Crippen molar-refractivity contribution in [3.05, 3.63) is 0 Å². The van der Waals surface area contributed by atoms with Gasteiger partial charge in [-0.15, -0.1) is 11.6 Å². The summed E-state index contributed by atoms with van der Waals surface area (Å²) in [5, 5.41) is 9.88. The van der Waals surface area contributed by atoms with Gasteiger partial charge in [0.2, 0.25) is 11.8 Å². The first-order chi connectivity index (χ1) is 6.11. The number of imide groups is 1. The number of nitrogens with one attached hydrogen (secondary N) is 1. The van der Waals surface area contributed by atoms with Gasteiger partial charge < -0.3 is 0 Å². The second-order valence-corrected chi connectivity index (χ2v) is 3.26. The van der Waals surface area contributed by atoms with Crippen molar-refractivity contribution in [2.75, 3.05) is 19.6 Å². The first kappa shape index (κ1) is 9.96. The van der Waals surface area contributed by atoms with Crippen LogP contribution in [0, 0.1) is 11.3 Å². The van der Waals surface area contributed by atoms with E-state index in [-0.39, 0.29) is 31.4 Å². The number of amides is 2. The molecule has 0 aromatic rings.